The van der Waals surface area contributed by atoms with Gasteiger partial charge in [0.2, 0.25) is 0 Å². The summed E-state index contributed by atoms with van der Waals surface area (Å²) in [6, 6.07) is 1.61. The van der Waals surface area contributed by atoms with Crippen molar-refractivity contribution in [2.75, 3.05) is 12.0 Å². The summed E-state index contributed by atoms with van der Waals surface area (Å²) in [5.74, 6) is 0.662. The standard InChI is InChI=1S/C11H16N2O2S/c1-8(4-6-16-2)13-11(15)9-3-5-12-7-10(9)14/h3,5,7-8,14H,4,6H2,1-2H3,(H,13,15). The van der Waals surface area contributed by atoms with Gasteiger partial charge in [0.1, 0.15) is 5.75 Å². The lowest BCUT2D eigenvalue weighted by molar-refractivity contribution is 0.0936. The Morgan fingerprint density at radius 2 is 2.44 bits per heavy atom. The highest BCUT2D eigenvalue weighted by molar-refractivity contribution is 7.98. The van der Waals surface area contributed by atoms with Crippen molar-refractivity contribution in [1.29, 1.82) is 0 Å². The van der Waals surface area contributed by atoms with Gasteiger partial charge in [0.25, 0.3) is 5.91 Å². The highest BCUT2D eigenvalue weighted by Gasteiger charge is 2.12. The van der Waals surface area contributed by atoms with Crippen LogP contribution in [0.4, 0.5) is 0 Å². The van der Waals surface area contributed by atoms with Crippen LogP contribution in [-0.4, -0.2) is 34.0 Å². The Hall–Kier alpha value is -1.23. The molecule has 1 atom stereocenters. The van der Waals surface area contributed by atoms with Gasteiger partial charge in [-0.2, -0.15) is 11.8 Å². The quantitative estimate of drug-likeness (QED) is 0.821. The summed E-state index contributed by atoms with van der Waals surface area (Å²) in [7, 11) is 0. The molecule has 1 rings (SSSR count). The zero-order valence-corrected chi connectivity index (χ0v) is 10.3. The van der Waals surface area contributed by atoms with Gasteiger partial charge in [0.05, 0.1) is 11.8 Å². The van der Waals surface area contributed by atoms with Gasteiger partial charge in [0.15, 0.2) is 0 Å². The van der Waals surface area contributed by atoms with Gasteiger partial charge >= 0.3 is 0 Å². The highest BCUT2D eigenvalue weighted by Crippen LogP contribution is 2.13. The molecule has 0 saturated carbocycles. The van der Waals surface area contributed by atoms with Crippen LogP contribution in [0.15, 0.2) is 18.5 Å². The van der Waals surface area contributed by atoms with Crippen molar-refractivity contribution in [3.05, 3.63) is 24.0 Å². The number of amides is 1. The van der Waals surface area contributed by atoms with Crippen LogP contribution in [0.2, 0.25) is 0 Å². The van der Waals surface area contributed by atoms with E-state index < -0.39 is 0 Å². The Bertz CT molecular complexity index is 358. The third kappa shape index (κ3) is 3.73. The van der Waals surface area contributed by atoms with Crippen molar-refractivity contribution in [2.45, 2.75) is 19.4 Å². The van der Waals surface area contributed by atoms with E-state index >= 15 is 0 Å². The summed E-state index contributed by atoms with van der Waals surface area (Å²) in [6.07, 6.45) is 5.70. The summed E-state index contributed by atoms with van der Waals surface area (Å²) >= 11 is 1.75. The maximum Gasteiger partial charge on any atom is 0.255 e. The van der Waals surface area contributed by atoms with E-state index in [1.807, 2.05) is 13.2 Å². The van der Waals surface area contributed by atoms with E-state index in [-0.39, 0.29) is 23.3 Å². The molecule has 2 N–H and O–H groups in total. The van der Waals surface area contributed by atoms with Gasteiger partial charge < -0.3 is 10.4 Å². The molecule has 0 aliphatic carbocycles. The molecule has 88 valence electrons. The molecule has 1 unspecified atom stereocenters. The number of hydrogen-bond donors (Lipinski definition) is 2. The second-order valence-corrected chi connectivity index (χ2v) is 4.53. The lowest BCUT2D eigenvalue weighted by Crippen LogP contribution is -2.32. The Balaban J connectivity index is 2.56. The summed E-state index contributed by atoms with van der Waals surface area (Å²) in [5.41, 5.74) is 0.269. The first-order chi connectivity index (χ1) is 7.65. The minimum Gasteiger partial charge on any atom is -0.505 e. The van der Waals surface area contributed by atoms with Crippen LogP contribution in [0.1, 0.15) is 23.7 Å². The third-order valence-corrected chi connectivity index (χ3v) is 2.82. The molecule has 1 amide bonds. The zero-order valence-electron chi connectivity index (χ0n) is 9.43. The van der Waals surface area contributed by atoms with E-state index in [1.54, 1.807) is 11.8 Å². The zero-order chi connectivity index (χ0) is 12.0. The molecule has 4 nitrogen and oxygen atoms in total. The Morgan fingerprint density at radius 3 is 3.06 bits per heavy atom. The minimum atomic E-state index is -0.256. The van der Waals surface area contributed by atoms with Gasteiger partial charge in [-0.25, -0.2) is 0 Å². The number of carbonyl (C=O) groups excluding carboxylic acids is 1. The summed E-state index contributed by atoms with van der Waals surface area (Å²) in [5, 5.41) is 12.3. The van der Waals surface area contributed by atoms with Gasteiger partial charge in [-0.05, 0) is 31.4 Å². The SMILES string of the molecule is CSCCC(C)NC(=O)c1ccncc1O. The smallest absolute Gasteiger partial charge is 0.255 e. The fourth-order valence-electron chi connectivity index (χ4n) is 1.25. The number of aromatic hydroxyl groups is 1. The topological polar surface area (TPSA) is 62.2 Å². The van der Waals surface area contributed by atoms with E-state index in [9.17, 15) is 9.90 Å². The number of pyridine rings is 1. The van der Waals surface area contributed by atoms with Crippen molar-refractivity contribution in [1.82, 2.24) is 10.3 Å². The molecule has 0 spiro atoms. The summed E-state index contributed by atoms with van der Waals surface area (Å²) < 4.78 is 0. The number of nitrogens with zero attached hydrogens (tertiary/aromatic N) is 1. The molecule has 1 heterocycles. The average molecular weight is 240 g/mol. The molecule has 0 fully saturated rings. The molecule has 0 aliphatic heterocycles. The number of carbonyl (C=O) groups is 1. The monoisotopic (exact) mass is 240 g/mol. The predicted octanol–water partition coefficient (Wildman–Crippen LogP) is 1.66. The minimum absolute atomic E-state index is 0.0860. The fraction of sp³-hybridized carbons (Fsp3) is 0.455. The van der Waals surface area contributed by atoms with Crippen LogP contribution in [0.5, 0.6) is 5.75 Å². The van der Waals surface area contributed by atoms with E-state index in [0.717, 1.165) is 12.2 Å². The highest BCUT2D eigenvalue weighted by atomic mass is 32.2. The third-order valence-electron chi connectivity index (χ3n) is 2.18. The van der Waals surface area contributed by atoms with Gasteiger partial charge in [-0.15, -0.1) is 0 Å². The maximum absolute atomic E-state index is 11.7. The molecule has 1 aromatic rings. The molecule has 0 aliphatic rings. The van der Waals surface area contributed by atoms with Crippen molar-refractivity contribution in [3.63, 3.8) is 0 Å². The molecule has 5 heteroatoms. The van der Waals surface area contributed by atoms with E-state index in [4.69, 9.17) is 0 Å². The molecule has 0 radical (unpaired) electrons. The number of aromatic nitrogens is 1. The van der Waals surface area contributed by atoms with Crippen molar-refractivity contribution < 1.29 is 9.90 Å². The number of nitrogens with one attached hydrogen (secondary N) is 1. The fourth-order valence-corrected chi connectivity index (χ4v) is 1.84. The van der Waals surface area contributed by atoms with E-state index in [0.29, 0.717) is 0 Å². The Labute approximate surface area is 99.5 Å². The molecule has 0 bridgehead atoms. The number of thioether (sulfide) groups is 1. The second-order valence-electron chi connectivity index (χ2n) is 3.55. The summed E-state index contributed by atoms with van der Waals surface area (Å²) in [6.45, 7) is 1.95. The second kappa shape index (κ2) is 6.37. The Morgan fingerprint density at radius 1 is 1.69 bits per heavy atom. The first-order valence-electron chi connectivity index (χ1n) is 5.08. The average Bonchev–Trinajstić information content (AvgIpc) is 2.26. The molecule has 0 aromatic carbocycles. The van der Waals surface area contributed by atoms with E-state index in [1.165, 1.54) is 18.5 Å². The molecule has 0 saturated heterocycles. The number of hydrogen-bond acceptors (Lipinski definition) is 4. The van der Waals surface area contributed by atoms with Crippen LogP contribution in [0, 0.1) is 0 Å². The molecule has 16 heavy (non-hydrogen) atoms. The first kappa shape index (κ1) is 12.8. The van der Waals surface area contributed by atoms with Crippen molar-refractivity contribution in [3.8, 4) is 5.75 Å². The molecular formula is C11H16N2O2S. The Kier molecular flexibility index (Phi) is 5.11. The molecule has 1 aromatic heterocycles. The lowest BCUT2D eigenvalue weighted by atomic mass is 10.2. The lowest BCUT2D eigenvalue weighted by Gasteiger charge is -2.13. The number of rotatable bonds is 5. The van der Waals surface area contributed by atoms with E-state index in [2.05, 4.69) is 10.3 Å². The van der Waals surface area contributed by atoms with Crippen LogP contribution in [0.25, 0.3) is 0 Å². The van der Waals surface area contributed by atoms with Crippen LogP contribution in [0.3, 0.4) is 0 Å². The van der Waals surface area contributed by atoms with Crippen LogP contribution < -0.4 is 5.32 Å². The van der Waals surface area contributed by atoms with Gasteiger partial charge in [-0.1, -0.05) is 0 Å². The van der Waals surface area contributed by atoms with Crippen molar-refractivity contribution >= 4 is 17.7 Å². The normalized spacial score (nSPS) is 12.1. The largest absolute Gasteiger partial charge is 0.505 e. The predicted molar refractivity (Wildman–Crippen MR) is 65.8 cm³/mol. The van der Waals surface area contributed by atoms with Crippen molar-refractivity contribution in [2.24, 2.45) is 0 Å². The molecular weight excluding hydrogens is 224 g/mol. The van der Waals surface area contributed by atoms with Gasteiger partial charge in [-0.3, -0.25) is 9.78 Å². The summed E-state index contributed by atoms with van der Waals surface area (Å²) in [4.78, 5) is 15.5. The maximum atomic E-state index is 11.7. The van der Waals surface area contributed by atoms with Crippen LogP contribution >= 0.6 is 11.8 Å². The van der Waals surface area contributed by atoms with Gasteiger partial charge in [0, 0.05) is 12.2 Å². The van der Waals surface area contributed by atoms with Crippen LogP contribution in [-0.2, 0) is 0 Å². The first-order valence-corrected chi connectivity index (χ1v) is 6.47.